The first-order valence-corrected chi connectivity index (χ1v) is 8.12. The molecule has 1 atom stereocenters. The topological polar surface area (TPSA) is 125 Å². The average molecular weight is 367 g/mol. The number of amides is 1. The SMILES string of the molecule is CC(C)COC(=O)Oc1ccccc1C(=O)Nc1ncc([NH+]([O-])O)s1. The van der Waals surface area contributed by atoms with Crippen LogP contribution in [-0.2, 0) is 4.74 Å². The minimum absolute atomic E-state index is 0.00269. The summed E-state index contributed by atoms with van der Waals surface area (Å²) >= 11 is 0.820. The van der Waals surface area contributed by atoms with E-state index in [1.807, 2.05) is 13.8 Å². The molecule has 0 aliphatic heterocycles. The largest absolute Gasteiger partial charge is 0.594 e. The Labute approximate surface area is 147 Å². The molecule has 0 bridgehead atoms. The maximum absolute atomic E-state index is 12.3. The highest BCUT2D eigenvalue weighted by molar-refractivity contribution is 7.18. The summed E-state index contributed by atoms with van der Waals surface area (Å²) in [5.41, 5.74) is 0.0936. The van der Waals surface area contributed by atoms with Crippen LogP contribution in [0.3, 0.4) is 0 Å². The number of carbonyl (C=O) groups is 2. The molecule has 1 heterocycles. The van der Waals surface area contributed by atoms with Gasteiger partial charge in [-0.1, -0.05) is 26.0 Å². The standard InChI is InChI=1S/C15H17N3O6S/c1-9(2)8-23-15(20)24-11-6-4-3-5-10(11)13(19)17-14-16-7-12(25-14)18(21)22/h3-7,9,18,21H,8H2,1-2H3,(H,16,17,19). The average Bonchev–Trinajstić information content (AvgIpc) is 3.02. The maximum atomic E-state index is 12.3. The number of rotatable bonds is 6. The van der Waals surface area contributed by atoms with Crippen LogP contribution in [0.15, 0.2) is 30.5 Å². The molecule has 0 fully saturated rings. The van der Waals surface area contributed by atoms with Crippen LogP contribution in [0, 0.1) is 11.1 Å². The van der Waals surface area contributed by atoms with Crippen molar-refractivity contribution in [3.63, 3.8) is 0 Å². The summed E-state index contributed by atoms with van der Waals surface area (Å²) in [4.78, 5) is 27.8. The molecule has 9 nitrogen and oxygen atoms in total. The Kier molecular flexibility index (Phi) is 6.42. The van der Waals surface area contributed by atoms with E-state index in [4.69, 9.17) is 14.7 Å². The second-order valence-electron chi connectivity index (χ2n) is 5.34. The summed E-state index contributed by atoms with van der Waals surface area (Å²) in [6, 6.07) is 6.13. The van der Waals surface area contributed by atoms with Crippen molar-refractivity contribution in [2.45, 2.75) is 13.8 Å². The number of hydrogen-bond donors (Lipinski definition) is 3. The summed E-state index contributed by atoms with van der Waals surface area (Å²) < 4.78 is 9.99. The third-order valence-corrected chi connectivity index (χ3v) is 3.70. The number of para-hydroxylation sites is 1. The molecule has 1 aromatic carbocycles. The van der Waals surface area contributed by atoms with Crippen LogP contribution in [0.25, 0.3) is 0 Å². The number of nitrogens with zero attached hydrogens (tertiary/aromatic N) is 1. The smallest absolute Gasteiger partial charge is 0.513 e. The molecule has 0 saturated carbocycles. The molecule has 0 radical (unpaired) electrons. The molecule has 0 aliphatic rings. The lowest BCUT2D eigenvalue weighted by atomic mass is 10.2. The number of aromatic nitrogens is 1. The molecule has 0 saturated heterocycles. The number of benzene rings is 1. The van der Waals surface area contributed by atoms with Crippen molar-refractivity contribution in [2.24, 2.45) is 5.92 Å². The predicted octanol–water partition coefficient (Wildman–Crippen LogP) is 1.97. The van der Waals surface area contributed by atoms with E-state index in [2.05, 4.69) is 10.3 Å². The van der Waals surface area contributed by atoms with Crippen LogP contribution in [0.4, 0.5) is 14.9 Å². The highest BCUT2D eigenvalue weighted by Crippen LogP contribution is 2.23. The summed E-state index contributed by atoms with van der Waals surface area (Å²) in [6.45, 7) is 3.96. The molecule has 1 unspecified atom stereocenters. The molecular weight excluding hydrogens is 350 g/mol. The molecule has 25 heavy (non-hydrogen) atoms. The fraction of sp³-hybridized carbons (Fsp3) is 0.267. The molecule has 1 amide bonds. The summed E-state index contributed by atoms with van der Waals surface area (Å²) in [6.07, 6.45) is 0.241. The fourth-order valence-corrected chi connectivity index (χ4v) is 2.34. The quantitative estimate of drug-likeness (QED) is 0.405. The highest BCUT2D eigenvalue weighted by atomic mass is 32.1. The Balaban J connectivity index is 2.07. The maximum Gasteiger partial charge on any atom is 0.513 e. The van der Waals surface area contributed by atoms with E-state index < -0.39 is 17.3 Å². The van der Waals surface area contributed by atoms with Crippen LogP contribution in [-0.4, -0.2) is 28.9 Å². The predicted molar refractivity (Wildman–Crippen MR) is 89.1 cm³/mol. The third kappa shape index (κ3) is 5.50. The molecule has 1 aromatic heterocycles. The van der Waals surface area contributed by atoms with Gasteiger partial charge in [0.15, 0.2) is 5.13 Å². The van der Waals surface area contributed by atoms with Crippen molar-refractivity contribution in [3.05, 3.63) is 41.2 Å². The second kappa shape index (κ2) is 8.53. The zero-order valence-corrected chi connectivity index (χ0v) is 14.3. The van der Waals surface area contributed by atoms with Crippen LogP contribution in [0.1, 0.15) is 24.2 Å². The van der Waals surface area contributed by atoms with Gasteiger partial charge in [0.25, 0.3) is 5.91 Å². The molecule has 0 spiro atoms. The van der Waals surface area contributed by atoms with Gasteiger partial charge in [-0.2, -0.15) is 5.23 Å². The normalized spacial score (nSPS) is 11.9. The van der Waals surface area contributed by atoms with Crippen LogP contribution < -0.4 is 15.3 Å². The lowest BCUT2D eigenvalue weighted by Gasteiger charge is -2.10. The number of anilines is 1. The van der Waals surface area contributed by atoms with Crippen LogP contribution >= 0.6 is 11.3 Å². The Bertz CT molecular complexity index is 746. The van der Waals surface area contributed by atoms with Gasteiger partial charge in [0, 0.05) is 0 Å². The van der Waals surface area contributed by atoms with E-state index in [-0.39, 0.29) is 34.0 Å². The number of nitrogens with one attached hydrogen (secondary N) is 2. The zero-order chi connectivity index (χ0) is 18.4. The summed E-state index contributed by atoms with van der Waals surface area (Å²) in [5.74, 6) is -0.401. The van der Waals surface area contributed by atoms with Gasteiger partial charge in [-0.3, -0.25) is 10.1 Å². The number of thiazole rings is 1. The van der Waals surface area contributed by atoms with E-state index in [0.717, 1.165) is 17.5 Å². The Morgan fingerprint density at radius 2 is 2.12 bits per heavy atom. The van der Waals surface area contributed by atoms with Gasteiger partial charge in [-0.15, -0.1) is 0 Å². The van der Waals surface area contributed by atoms with Gasteiger partial charge < -0.3 is 14.7 Å². The monoisotopic (exact) mass is 367 g/mol. The van der Waals surface area contributed by atoms with Crippen molar-refractivity contribution in [1.29, 1.82) is 0 Å². The lowest BCUT2D eigenvalue weighted by Crippen LogP contribution is -2.98. The molecule has 2 rings (SSSR count). The van der Waals surface area contributed by atoms with E-state index in [1.165, 1.54) is 12.1 Å². The number of ether oxygens (including phenoxy) is 2. The lowest BCUT2D eigenvalue weighted by molar-refractivity contribution is -0.989. The van der Waals surface area contributed by atoms with Gasteiger partial charge >= 0.3 is 6.16 Å². The number of quaternary nitrogens is 1. The summed E-state index contributed by atoms with van der Waals surface area (Å²) in [7, 11) is 0. The van der Waals surface area contributed by atoms with Crippen molar-refractivity contribution in [2.75, 3.05) is 11.9 Å². The fourth-order valence-electron chi connectivity index (χ4n) is 1.69. The Morgan fingerprint density at radius 1 is 1.40 bits per heavy atom. The first-order valence-electron chi connectivity index (χ1n) is 7.31. The van der Waals surface area contributed by atoms with E-state index in [9.17, 15) is 14.8 Å². The minimum atomic E-state index is -1.13. The van der Waals surface area contributed by atoms with Crippen molar-refractivity contribution < 1.29 is 29.5 Å². The summed E-state index contributed by atoms with van der Waals surface area (Å²) in [5, 5.41) is 21.2. The Morgan fingerprint density at radius 3 is 2.76 bits per heavy atom. The molecule has 10 heteroatoms. The highest BCUT2D eigenvalue weighted by Gasteiger charge is 2.18. The van der Waals surface area contributed by atoms with Crippen LogP contribution in [0.2, 0.25) is 0 Å². The van der Waals surface area contributed by atoms with Gasteiger partial charge in [-0.05, 0) is 29.4 Å². The molecule has 0 aliphatic carbocycles. The van der Waals surface area contributed by atoms with Crippen molar-refractivity contribution in [3.8, 4) is 5.75 Å². The number of hydrogen-bond acceptors (Lipinski definition) is 8. The molecule has 3 N–H and O–H groups in total. The van der Waals surface area contributed by atoms with Crippen molar-refractivity contribution in [1.82, 2.24) is 4.98 Å². The third-order valence-electron chi connectivity index (χ3n) is 2.80. The van der Waals surface area contributed by atoms with Gasteiger partial charge in [-0.25, -0.2) is 15.0 Å². The Hall–Kier alpha value is -2.53. The molecule has 2 aromatic rings. The molecular formula is C15H17N3O6S. The van der Waals surface area contributed by atoms with E-state index in [1.54, 1.807) is 12.1 Å². The van der Waals surface area contributed by atoms with E-state index >= 15 is 0 Å². The second-order valence-corrected chi connectivity index (χ2v) is 6.37. The van der Waals surface area contributed by atoms with Crippen LogP contribution in [0.5, 0.6) is 5.75 Å². The minimum Gasteiger partial charge on any atom is -0.594 e. The van der Waals surface area contributed by atoms with Gasteiger partial charge in [0.05, 0.1) is 12.2 Å². The first-order chi connectivity index (χ1) is 11.9. The van der Waals surface area contributed by atoms with E-state index in [0.29, 0.717) is 0 Å². The van der Waals surface area contributed by atoms with Gasteiger partial charge in [0.1, 0.15) is 11.9 Å². The number of carbonyl (C=O) groups excluding carboxylic acids is 2. The molecule has 134 valence electrons. The zero-order valence-electron chi connectivity index (χ0n) is 13.5. The van der Waals surface area contributed by atoms with Gasteiger partial charge in [0.2, 0.25) is 5.00 Å². The first kappa shape index (κ1) is 18.8. The van der Waals surface area contributed by atoms with Crippen molar-refractivity contribution >= 4 is 33.5 Å².